The molecule has 1 atom stereocenters. The molecule has 6 heteroatoms. The summed E-state index contributed by atoms with van der Waals surface area (Å²) in [4.78, 5) is 11.2. The van der Waals surface area contributed by atoms with Crippen LogP contribution in [-0.4, -0.2) is 11.9 Å². The van der Waals surface area contributed by atoms with Crippen LogP contribution in [0.3, 0.4) is 0 Å². The lowest BCUT2D eigenvalue weighted by Gasteiger charge is -2.09. The number of nitrogens with two attached hydrogens (primary N) is 1. The molecule has 0 radical (unpaired) electrons. The summed E-state index contributed by atoms with van der Waals surface area (Å²) in [5, 5.41) is 2.61. The van der Waals surface area contributed by atoms with Gasteiger partial charge >= 0.3 is 0 Å². The van der Waals surface area contributed by atoms with Gasteiger partial charge in [0.15, 0.2) is 0 Å². The zero-order valence-corrected chi connectivity index (χ0v) is 11.1. The summed E-state index contributed by atoms with van der Waals surface area (Å²) in [5.41, 5.74) is 6.05. The normalized spacial score (nSPS) is 11.5. The second kappa shape index (κ2) is 6.83. The number of rotatable bonds is 3. The Labute approximate surface area is 108 Å². The molecule has 0 bridgehead atoms. The maximum Gasteiger partial charge on any atom is 0.236 e. The molecule has 1 amide bonds. The number of carbonyl (C=O) groups is 1. The molecule has 0 fully saturated rings. The standard InChI is InChI=1S/C10H12BrFN2O.ClH/c1-6(13)10(15)14-5-7-4-8(12)2-3-9(7)11;/h2-4,6H,5,13H2,1H3,(H,14,15);1H/t6-;/m1./s1. The summed E-state index contributed by atoms with van der Waals surface area (Å²) in [6.07, 6.45) is 0. The van der Waals surface area contributed by atoms with Crippen molar-refractivity contribution in [3.8, 4) is 0 Å². The zero-order chi connectivity index (χ0) is 11.4. The molecule has 16 heavy (non-hydrogen) atoms. The molecule has 0 saturated heterocycles. The van der Waals surface area contributed by atoms with Gasteiger partial charge in [0.25, 0.3) is 0 Å². The third-order valence-corrected chi connectivity index (χ3v) is 2.65. The van der Waals surface area contributed by atoms with Crippen molar-refractivity contribution < 1.29 is 9.18 Å². The monoisotopic (exact) mass is 310 g/mol. The summed E-state index contributed by atoms with van der Waals surface area (Å²) >= 11 is 3.27. The minimum atomic E-state index is -0.558. The van der Waals surface area contributed by atoms with Crippen LogP contribution in [0.2, 0.25) is 0 Å². The van der Waals surface area contributed by atoms with E-state index in [-0.39, 0.29) is 30.7 Å². The van der Waals surface area contributed by atoms with E-state index in [4.69, 9.17) is 5.73 Å². The maximum atomic E-state index is 12.9. The van der Waals surface area contributed by atoms with E-state index in [0.717, 1.165) is 4.47 Å². The van der Waals surface area contributed by atoms with Crippen molar-refractivity contribution in [3.05, 3.63) is 34.1 Å². The van der Waals surface area contributed by atoms with Gasteiger partial charge in [-0.3, -0.25) is 4.79 Å². The fourth-order valence-electron chi connectivity index (χ4n) is 1.02. The molecule has 3 nitrogen and oxygen atoms in total. The number of hydrogen-bond acceptors (Lipinski definition) is 2. The molecule has 0 aliphatic rings. The van der Waals surface area contributed by atoms with Crippen molar-refractivity contribution in [2.24, 2.45) is 5.73 Å². The first kappa shape index (κ1) is 15.3. The van der Waals surface area contributed by atoms with Gasteiger partial charge in [-0.25, -0.2) is 4.39 Å². The topological polar surface area (TPSA) is 55.1 Å². The fraction of sp³-hybridized carbons (Fsp3) is 0.300. The van der Waals surface area contributed by atoms with E-state index in [9.17, 15) is 9.18 Å². The number of benzene rings is 1. The van der Waals surface area contributed by atoms with Crippen LogP contribution in [0.5, 0.6) is 0 Å². The molecule has 0 saturated carbocycles. The molecule has 0 aliphatic heterocycles. The maximum absolute atomic E-state index is 12.9. The van der Waals surface area contributed by atoms with Crippen LogP contribution in [-0.2, 0) is 11.3 Å². The second-order valence-electron chi connectivity index (χ2n) is 3.24. The Balaban J connectivity index is 0.00000225. The molecule has 0 spiro atoms. The van der Waals surface area contributed by atoms with Crippen molar-refractivity contribution in [3.63, 3.8) is 0 Å². The lowest BCUT2D eigenvalue weighted by atomic mass is 10.2. The van der Waals surface area contributed by atoms with E-state index in [1.807, 2.05) is 0 Å². The van der Waals surface area contributed by atoms with Gasteiger partial charge in [0.1, 0.15) is 5.82 Å². The van der Waals surface area contributed by atoms with Crippen LogP contribution in [0.25, 0.3) is 0 Å². The quantitative estimate of drug-likeness (QED) is 0.897. The predicted octanol–water partition coefficient (Wildman–Crippen LogP) is 1.97. The first-order valence-corrected chi connectivity index (χ1v) is 5.27. The van der Waals surface area contributed by atoms with E-state index in [1.165, 1.54) is 12.1 Å². The summed E-state index contributed by atoms with van der Waals surface area (Å²) in [5.74, 6) is -0.589. The van der Waals surface area contributed by atoms with Gasteiger partial charge in [-0.1, -0.05) is 15.9 Å². The molecule has 0 unspecified atom stereocenters. The lowest BCUT2D eigenvalue weighted by Crippen LogP contribution is -2.37. The smallest absolute Gasteiger partial charge is 0.236 e. The number of nitrogens with one attached hydrogen (secondary N) is 1. The molecule has 0 aliphatic carbocycles. The number of carbonyl (C=O) groups excluding carboxylic acids is 1. The van der Waals surface area contributed by atoms with Crippen LogP contribution in [0.4, 0.5) is 4.39 Å². The first-order chi connectivity index (χ1) is 7.00. The van der Waals surface area contributed by atoms with Gasteiger partial charge in [0.05, 0.1) is 6.04 Å². The largest absolute Gasteiger partial charge is 0.351 e. The van der Waals surface area contributed by atoms with E-state index in [1.54, 1.807) is 13.0 Å². The molecular formula is C10H13BrClFN2O. The van der Waals surface area contributed by atoms with Gasteiger partial charge in [0.2, 0.25) is 5.91 Å². The van der Waals surface area contributed by atoms with E-state index >= 15 is 0 Å². The molecule has 3 N–H and O–H groups in total. The summed E-state index contributed by atoms with van der Waals surface area (Å²) in [7, 11) is 0. The van der Waals surface area contributed by atoms with Crippen LogP contribution < -0.4 is 11.1 Å². The highest BCUT2D eigenvalue weighted by Crippen LogP contribution is 2.17. The van der Waals surface area contributed by atoms with Crippen molar-refractivity contribution in [2.75, 3.05) is 0 Å². The Morgan fingerprint density at radius 1 is 1.62 bits per heavy atom. The molecule has 0 heterocycles. The predicted molar refractivity (Wildman–Crippen MR) is 66.8 cm³/mol. The zero-order valence-electron chi connectivity index (χ0n) is 8.67. The van der Waals surface area contributed by atoms with Gasteiger partial charge < -0.3 is 11.1 Å². The average molecular weight is 312 g/mol. The lowest BCUT2D eigenvalue weighted by molar-refractivity contribution is -0.122. The SMILES string of the molecule is C[C@@H](N)C(=O)NCc1cc(F)ccc1Br.Cl. The highest BCUT2D eigenvalue weighted by atomic mass is 79.9. The Hall–Kier alpha value is -0.650. The summed E-state index contributed by atoms with van der Waals surface area (Å²) in [6.45, 7) is 1.86. The van der Waals surface area contributed by atoms with E-state index < -0.39 is 6.04 Å². The van der Waals surface area contributed by atoms with Crippen LogP contribution >= 0.6 is 28.3 Å². The van der Waals surface area contributed by atoms with Crippen molar-refractivity contribution in [1.29, 1.82) is 0 Å². The second-order valence-corrected chi connectivity index (χ2v) is 4.10. The number of hydrogen-bond donors (Lipinski definition) is 2. The number of halogens is 3. The van der Waals surface area contributed by atoms with Crippen molar-refractivity contribution in [2.45, 2.75) is 19.5 Å². The highest BCUT2D eigenvalue weighted by Gasteiger charge is 2.08. The van der Waals surface area contributed by atoms with Gasteiger partial charge in [-0.15, -0.1) is 12.4 Å². The van der Waals surface area contributed by atoms with Gasteiger partial charge in [-0.2, -0.15) is 0 Å². The highest BCUT2D eigenvalue weighted by molar-refractivity contribution is 9.10. The molecule has 1 rings (SSSR count). The molecule has 90 valence electrons. The van der Waals surface area contributed by atoms with Gasteiger partial charge in [-0.05, 0) is 30.7 Å². The molecule has 1 aromatic carbocycles. The Morgan fingerprint density at radius 2 is 2.25 bits per heavy atom. The Morgan fingerprint density at radius 3 is 2.81 bits per heavy atom. The molecule has 0 aromatic heterocycles. The first-order valence-electron chi connectivity index (χ1n) is 4.48. The third kappa shape index (κ3) is 4.47. The van der Waals surface area contributed by atoms with Crippen molar-refractivity contribution in [1.82, 2.24) is 5.32 Å². The van der Waals surface area contributed by atoms with Crippen molar-refractivity contribution >= 4 is 34.2 Å². The van der Waals surface area contributed by atoms with Crippen LogP contribution in [0.15, 0.2) is 22.7 Å². The van der Waals surface area contributed by atoms with E-state index in [2.05, 4.69) is 21.2 Å². The van der Waals surface area contributed by atoms with Gasteiger partial charge in [0, 0.05) is 11.0 Å². The van der Waals surface area contributed by atoms with Crippen LogP contribution in [0.1, 0.15) is 12.5 Å². The Kier molecular flexibility index (Phi) is 6.55. The third-order valence-electron chi connectivity index (χ3n) is 1.87. The van der Waals surface area contributed by atoms with Crippen LogP contribution in [0, 0.1) is 5.82 Å². The average Bonchev–Trinajstić information content (AvgIpc) is 2.18. The minimum absolute atomic E-state index is 0. The van der Waals surface area contributed by atoms with E-state index in [0.29, 0.717) is 5.56 Å². The molecule has 1 aromatic rings. The minimum Gasteiger partial charge on any atom is -0.351 e. The fourth-order valence-corrected chi connectivity index (χ4v) is 1.41. The Bertz CT molecular complexity index is 374. The summed E-state index contributed by atoms with van der Waals surface area (Å²) < 4.78 is 13.6. The molecular weight excluding hydrogens is 298 g/mol. The number of amides is 1. The summed E-state index contributed by atoms with van der Waals surface area (Å²) in [6, 6.07) is 3.76.